The number of imidazole rings is 1. The van der Waals surface area contributed by atoms with Crippen molar-refractivity contribution >= 4 is 22.6 Å². The van der Waals surface area contributed by atoms with Gasteiger partial charge in [-0.25, -0.2) is 4.98 Å². The molecule has 26 heavy (non-hydrogen) atoms. The van der Waals surface area contributed by atoms with E-state index in [2.05, 4.69) is 18.2 Å². The van der Waals surface area contributed by atoms with Gasteiger partial charge in [0.05, 0.1) is 0 Å². The zero-order valence-corrected chi connectivity index (χ0v) is 15.7. The average molecular weight is 366 g/mol. The van der Waals surface area contributed by atoms with Gasteiger partial charge in [0.2, 0.25) is 4.96 Å². The molecule has 2 aliphatic carbocycles. The summed E-state index contributed by atoms with van der Waals surface area (Å²) in [5.41, 5.74) is 5.28. The summed E-state index contributed by atoms with van der Waals surface area (Å²) in [6, 6.07) is 6.56. The minimum Gasteiger partial charge on any atom is -0.296 e. The summed E-state index contributed by atoms with van der Waals surface area (Å²) in [4.78, 5) is 17.5. The summed E-state index contributed by atoms with van der Waals surface area (Å²) in [5, 5.41) is 5.93. The van der Waals surface area contributed by atoms with Crippen LogP contribution in [0.15, 0.2) is 18.2 Å². The summed E-state index contributed by atoms with van der Waals surface area (Å²) in [6.45, 7) is 0. The van der Waals surface area contributed by atoms with Crippen molar-refractivity contribution in [1.82, 2.24) is 14.6 Å². The van der Waals surface area contributed by atoms with Gasteiger partial charge in [-0.2, -0.15) is 9.61 Å². The number of carbonyl (C=O) groups excluding carboxylic acids is 1. The lowest BCUT2D eigenvalue weighted by molar-refractivity contribution is 0.111. The third-order valence-electron chi connectivity index (χ3n) is 5.94. The highest BCUT2D eigenvalue weighted by atomic mass is 32.1. The first-order valence-electron chi connectivity index (χ1n) is 9.80. The smallest absolute Gasteiger partial charge is 0.213 e. The number of benzene rings is 1. The van der Waals surface area contributed by atoms with Gasteiger partial charge in [-0.3, -0.25) is 4.79 Å². The highest BCUT2D eigenvalue weighted by Crippen LogP contribution is 2.36. The molecule has 0 radical (unpaired) electrons. The predicted molar refractivity (Wildman–Crippen MR) is 104 cm³/mol. The van der Waals surface area contributed by atoms with Crippen LogP contribution >= 0.6 is 11.3 Å². The van der Waals surface area contributed by atoms with Crippen molar-refractivity contribution in [3.05, 3.63) is 40.0 Å². The van der Waals surface area contributed by atoms with Crippen molar-refractivity contribution in [1.29, 1.82) is 0 Å². The van der Waals surface area contributed by atoms with E-state index < -0.39 is 0 Å². The van der Waals surface area contributed by atoms with Gasteiger partial charge in [-0.1, -0.05) is 42.7 Å². The highest BCUT2D eigenvalue weighted by Gasteiger charge is 2.23. The lowest BCUT2D eigenvalue weighted by Crippen LogP contribution is -2.05. The fourth-order valence-corrected chi connectivity index (χ4v) is 5.57. The number of nitrogens with zero attached hydrogens (tertiary/aromatic N) is 3. The Balaban J connectivity index is 1.56. The zero-order chi connectivity index (χ0) is 17.5. The second kappa shape index (κ2) is 6.62. The van der Waals surface area contributed by atoms with Crippen molar-refractivity contribution in [2.75, 3.05) is 0 Å². The molecule has 2 heterocycles. The van der Waals surface area contributed by atoms with Gasteiger partial charge < -0.3 is 0 Å². The molecule has 0 bridgehead atoms. The van der Waals surface area contributed by atoms with Crippen molar-refractivity contribution in [2.45, 2.75) is 63.7 Å². The van der Waals surface area contributed by atoms with E-state index >= 15 is 0 Å². The molecule has 134 valence electrons. The number of aryl methyl sites for hydroxylation is 2. The summed E-state index contributed by atoms with van der Waals surface area (Å²) >= 11 is 1.66. The van der Waals surface area contributed by atoms with Crippen LogP contribution in [-0.4, -0.2) is 20.9 Å². The summed E-state index contributed by atoms with van der Waals surface area (Å²) < 4.78 is 1.77. The van der Waals surface area contributed by atoms with Gasteiger partial charge >= 0.3 is 0 Å². The molecule has 0 aliphatic heterocycles. The fraction of sp³-hybridized carbons (Fsp3) is 0.476. The molecule has 1 aromatic carbocycles. The van der Waals surface area contributed by atoms with Crippen LogP contribution in [0.3, 0.4) is 0 Å². The van der Waals surface area contributed by atoms with E-state index in [1.165, 1.54) is 62.5 Å². The van der Waals surface area contributed by atoms with Crippen LogP contribution in [0.5, 0.6) is 0 Å². The Labute approximate surface area is 157 Å². The monoisotopic (exact) mass is 365 g/mol. The molecule has 0 N–H and O–H groups in total. The van der Waals surface area contributed by atoms with Crippen LogP contribution in [-0.2, 0) is 12.8 Å². The molecule has 4 nitrogen and oxygen atoms in total. The fourth-order valence-electron chi connectivity index (χ4n) is 4.49. The molecule has 1 fully saturated rings. The second-order valence-electron chi connectivity index (χ2n) is 7.62. The second-order valence-corrected chi connectivity index (χ2v) is 8.61. The molecule has 5 rings (SSSR count). The van der Waals surface area contributed by atoms with E-state index in [9.17, 15) is 4.79 Å². The average Bonchev–Trinajstić information content (AvgIpc) is 3.26. The number of aldehydes is 1. The lowest BCUT2D eigenvalue weighted by atomic mass is 9.90. The molecule has 1 saturated carbocycles. The molecular weight excluding hydrogens is 342 g/mol. The topological polar surface area (TPSA) is 47.3 Å². The number of hydrogen-bond acceptors (Lipinski definition) is 4. The molecule has 0 amide bonds. The maximum atomic E-state index is 11.9. The number of carbonyl (C=O) groups is 1. The van der Waals surface area contributed by atoms with E-state index in [1.807, 2.05) is 0 Å². The maximum absolute atomic E-state index is 11.9. The summed E-state index contributed by atoms with van der Waals surface area (Å²) in [7, 11) is 0. The Morgan fingerprint density at radius 2 is 1.85 bits per heavy atom. The van der Waals surface area contributed by atoms with Gasteiger partial charge in [0.15, 0.2) is 6.29 Å². The molecule has 0 spiro atoms. The van der Waals surface area contributed by atoms with E-state index in [-0.39, 0.29) is 0 Å². The molecule has 0 unspecified atom stereocenters. The SMILES string of the molecule is O=Cc1c(-c2ccc3c(c2)CCCC3)nc2sc(C3CCCCC3)nn12. The zero-order valence-electron chi connectivity index (χ0n) is 14.9. The van der Waals surface area contributed by atoms with Crippen LogP contribution in [0.1, 0.15) is 77.5 Å². The molecular formula is C21H23N3OS. The Hall–Kier alpha value is -2.01. The third-order valence-corrected chi connectivity index (χ3v) is 7.01. The lowest BCUT2D eigenvalue weighted by Gasteiger charge is -2.18. The van der Waals surface area contributed by atoms with Crippen molar-refractivity contribution in [2.24, 2.45) is 0 Å². The third kappa shape index (κ3) is 2.69. The van der Waals surface area contributed by atoms with Gasteiger partial charge in [-0.05, 0) is 55.7 Å². The van der Waals surface area contributed by atoms with Gasteiger partial charge in [0.1, 0.15) is 16.4 Å². The Morgan fingerprint density at radius 3 is 2.65 bits per heavy atom. The van der Waals surface area contributed by atoms with Gasteiger partial charge in [0, 0.05) is 11.5 Å². The normalized spacial score (nSPS) is 18.2. The molecule has 3 aromatic rings. The standard InChI is InChI=1S/C21H23N3OS/c25-13-18-19(17-11-10-14-6-4-5-9-16(14)12-17)22-21-24(18)23-20(26-21)15-7-2-1-3-8-15/h10-13,15H,1-9H2. The van der Waals surface area contributed by atoms with Crippen LogP contribution in [0.2, 0.25) is 0 Å². The number of aromatic nitrogens is 3. The Morgan fingerprint density at radius 1 is 1.04 bits per heavy atom. The predicted octanol–water partition coefficient (Wildman–Crippen LogP) is 5.20. The minimum atomic E-state index is 0.544. The van der Waals surface area contributed by atoms with Crippen molar-refractivity contribution < 1.29 is 4.79 Å². The van der Waals surface area contributed by atoms with E-state index in [0.29, 0.717) is 11.6 Å². The van der Waals surface area contributed by atoms with Crippen LogP contribution in [0, 0.1) is 0 Å². The molecule has 2 aliphatic rings. The van der Waals surface area contributed by atoms with Crippen LogP contribution in [0.4, 0.5) is 0 Å². The Bertz CT molecular complexity index is 965. The van der Waals surface area contributed by atoms with E-state index in [1.54, 1.807) is 15.9 Å². The molecule has 2 aromatic heterocycles. The van der Waals surface area contributed by atoms with Gasteiger partial charge in [-0.15, -0.1) is 0 Å². The quantitative estimate of drug-likeness (QED) is 0.600. The maximum Gasteiger partial charge on any atom is 0.213 e. The number of hydrogen-bond donors (Lipinski definition) is 0. The van der Waals surface area contributed by atoms with Crippen molar-refractivity contribution in [3.63, 3.8) is 0 Å². The van der Waals surface area contributed by atoms with Gasteiger partial charge in [0.25, 0.3) is 0 Å². The molecule has 5 heteroatoms. The molecule has 0 atom stereocenters. The first-order chi connectivity index (χ1) is 12.8. The van der Waals surface area contributed by atoms with Crippen LogP contribution in [0.25, 0.3) is 16.2 Å². The largest absolute Gasteiger partial charge is 0.296 e. The first-order valence-corrected chi connectivity index (χ1v) is 10.6. The van der Waals surface area contributed by atoms with Crippen molar-refractivity contribution in [3.8, 4) is 11.3 Å². The van der Waals surface area contributed by atoms with Crippen LogP contribution < -0.4 is 0 Å². The first kappa shape index (κ1) is 16.2. The minimum absolute atomic E-state index is 0.544. The van der Waals surface area contributed by atoms with E-state index in [0.717, 1.165) is 33.9 Å². The Kier molecular flexibility index (Phi) is 4.12. The summed E-state index contributed by atoms with van der Waals surface area (Å²) in [6.07, 6.45) is 12.1. The van der Waals surface area contributed by atoms with E-state index in [4.69, 9.17) is 10.1 Å². The number of fused-ring (bicyclic) bond motifs is 2. The number of rotatable bonds is 3. The summed E-state index contributed by atoms with van der Waals surface area (Å²) in [5.74, 6) is 0.544. The molecule has 0 saturated heterocycles. The highest BCUT2D eigenvalue weighted by molar-refractivity contribution is 7.16.